The van der Waals surface area contributed by atoms with Crippen LogP contribution in [0.25, 0.3) is 11.4 Å². The van der Waals surface area contributed by atoms with Crippen LogP contribution in [-0.2, 0) is 19.5 Å². The van der Waals surface area contributed by atoms with Gasteiger partial charge in [-0.2, -0.15) is 5.10 Å². The molecule has 1 unspecified atom stereocenters. The topological polar surface area (TPSA) is 56.7 Å². The molecule has 2 aliphatic rings. The summed E-state index contributed by atoms with van der Waals surface area (Å²) >= 11 is 0. The number of rotatable bonds is 3. The van der Waals surface area contributed by atoms with Crippen molar-refractivity contribution >= 4 is 0 Å². The number of aryl methyl sites for hydroxylation is 1. The van der Waals surface area contributed by atoms with Crippen LogP contribution in [0.2, 0.25) is 0 Å². The monoisotopic (exact) mass is 268 g/mol. The fourth-order valence-electron chi connectivity index (χ4n) is 3.21. The van der Waals surface area contributed by atoms with E-state index >= 15 is 0 Å². The highest BCUT2D eigenvalue weighted by molar-refractivity contribution is 5.55. The molecule has 1 aromatic heterocycles. The third kappa shape index (κ3) is 2.14. The van der Waals surface area contributed by atoms with Gasteiger partial charge in [-0.3, -0.25) is 0 Å². The van der Waals surface area contributed by atoms with Crippen LogP contribution in [0.3, 0.4) is 0 Å². The molecular weight excluding hydrogens is 248 g/mol. The summed E-state index contributed by atoms with van der Waals surface area (Å²) in [6.45, 7) is 1.61. The molecule has 1 aliphatic carbocycles. The van der Waals surface area contributed by atoms with Crippen LogP contribution in [0.4, 0.5) is 0 Å². The normalized spacial score (nSPS) is 21.8. The van der Waals surface area contributed by atoms with Gasteiger partial charge in [-0.25, -0.2) is 9.67 Å². The Morgan fingerprint density at radius 1 is 1.10 bits per heavy atom. The average molecular weight is 268 g/mol. The first kappa shape index (κ1) is 12.1. The third-order valence-corrected chi connectivity index (χ3v) is 4.64. The van der Waals surface area contributed by atoms with Gasteiger partial charge in [0.25, 0.3) is 0 Å². The minimum atomic E-state index is 0.580. The molecule has 2 N–H and O–H groups in total. The zero-order valence-corrected chi connectivity index (χ0v) is 11.6. The molecule has 0 radical (unpaired) electrons. The second kappa shape index (κ2) is 4.70. The molecule has 2 heterocycles. The Hall–Kier alpha value is -1.68. The fourth-order valence-corrected chi connectivity index (χ4v) is 3.21. The lowest BCUT2D eigenvalue weighted by atomic mass is 9.93. The molecule has 4 heteroatoms. The van der Waals surface area contributed by atoms with Crippen LogP contribution < -0.4 is 5.73 Å². The first-order chi connectivity index (χ1) is 9.83. The minimum Gasteiger partial charge on any atom is -0.326 e. The Kier molecular flexibility index (Phi) is 2.84. The summed E-state index contributed by atoms with van der Waals surface area (Å²) < 4.78 is 2.10. The van der Waals surface area contributed by atoms with Crippen molar-refractivity contribution in [3.05, 3.63) is 35.7 Å². The second-order valence-corrected chi connectivity index (χ2v) is 6.07. The third-order valence-electron chi connectivity index (χ3n) is 4.64. The van der Waals surface area contributed by atoms with Crippen molar-refractivity contribution < 1.29 is 0 Å². The number of benzene rings is 1. The lowest BCUT2D eigenvalue weighted by molar-refractivity contribution is 0.329. The molecule has 0 amide bonds. The molecule has 1 aromatic carbocycles. The van der Waals surface area contributed by atoms with Gasteiger partial charge < -0.3 is 5.73 Å². The van der Waals surface area contributed by atoms with Gasteiger partial charge >= 0.3 is 0 Å². The van der Waals surface area contributed by atoms with E-state index in [1.807, 2.05) is 0 Å². The maximum absolute atomic E-state index is 5.63. The molecule has 0 spiro atoms. The molecule has 1 fully saturated rings. The van der Waals surface area contributed by atoms with Crippen LogP contribution >= 0.6 is 0 Å². The largest absolute Gasteiger partial charge is 0.326 e. The first-order valence-electron chi connectivity index (χ1n) is 7.56. The molecule has 2 aromatic rings. The van der Waals surface area contributed by atoms with E-state index in [9.17, 15) is 0 Å². The summed E-state index contributed by atoms with van der Waals surface area (Å²) in [5.74, 6) is 3.85. The Bertz CT molecular complexity index is 610. The Morgan fingerprint density at radius 3 is 2.60 bits per heavy atom. The standard InChI is InChI=1S/C16H20N4/c17-10-11-1-3-13(4-2-11)16-18-15-9-14(12-5-6-12)7-8-20(15)19-16/h1-4,12,14H,5-10,17H2. The van der Waals surface area contributed by atoms with E-state index in [4.69, 9.17) is 10.7 Å². The van der Waals surface area contributed by atoms with Crippen molar-refractivity contribution in [2.45, 2.75) is 38.8 Å². The average Bonchev–Trinajstić information content (AvgIpc) is 3.26. The smallest absolute Gasteiger partial charge is 0.181 e. The van der Waals surface area contributed by atoms with Gasteiger partial charge in [0.05, 0.1) is 0 Å². The van der Waals surface area contributed by atoms with E-state index in [1.54, 1.807) is 0 Å². The lowest BCUT2D eigenvalue weighted by Gasteiger charge is -2.21. The lowest BCUT2D eigenvalue weighted by Crippen LogP contribution is -2.21. The number of hydrogen-bond acceptors (Lipinski definition) is 3. The summed E-state index contributed by atoms with van der Waals surface area (Å²) in [6, 6.07) is 8.26. The molecule has 1 atom stereocenters. The summed E-state index contributed by atoms with van der Waals surface area (Å²) in [6.07, 6.45) is 5.23. The first-order valence-corrected chi connectivity index (χ1v) is 7.56. The quantitative estimate of drug-likeness (QED) is 0.929. The van der Waals surface area contributed by atoms with Gasteiger partial charge in [0.2, 0.25) is 0 Å². The van der Waals surface area contributed by atoms with Gasteiger partial charge in [-0.1, -0.05) is 24.3 Å². The summed E-state index contributed by atoms with van der Waals surface area (Å²) in [7, 11) is 0. The highest BCUT2D eigenvalue weighted by Gasteiger charge is 2.34. The van der Waals surface area contributed by atoms with Crippen LogP contribution in [-0.4, -0.2) is 14.8 Å². The van der Waals surface area contributed by atoms with E-state index < -0.39 is 0 Å². The maximum atomic E-state index is 5.63. The van der Waals surface area contributed by atoms with Crippen LogP contribution in [0.15, 0.2) is 24.3 Å². The molecule has 0 saturated heterocycles. The molecule has 20 heavy (non-hydrogen) atoms. The highest BCUT2D eigenvalue weighted by atomic mass is 15.3. The van der Waals surface area contributed by atoms with Gasteiger partial charge in [-0.05, 0) is 36.7 Å². The van der Waals surface area contributed by atoms with Gasteiger partial charge in [0.1, 0.15) is 5.82 Å². The Morgan fingerprint density at radius 2 is 1.90 bits per heavy atom. The van der Waals surface area contributed by atoms with E-state index in [-0.39, 0.29) is 0 Å². The van der Waals surface area contributed by atoms with Crippen molar-refractivity contribution in [1.29, 1.82) is 0 Å². The van der Waals surface area contributed by atoms with Gasteiger partial charge in [0.15, 0.2) is 5.82 Å². The molecule has 104 valence electrons. The van der Waals surface area contributed by atoms with Gasteiger partial charge in [-0.15, -0.1) is 0 Å². The van der Waals surface area contributed by atoms with Crippen LogP contribution in [0, 0.1) is 11.8 Å². The van der Waals surface area contributed by atoms with Crippen LogP contribution in [0.1, 0.15) is 30.7 Å². The highest BCUT2D eigenvalue weighted by Crippen LogP contribution is 2.41. The molecule has 0 bridgehead atoms. The van der Waals surface area contributed by atoms with E-state index in [2.05, 4.69) is 34.0 Å². The summed E-state index contributed by atoms with van der Waals surface area (Å²) in [4.78, 5) is 4.76. The number of fused-ring (bicyclic) bond motifs is 1. The van der Waals surface area contributed by atoms with Crippen molar-refractivity contribution in [2.75, 3.05) is 0 Å². The minimum absolute atomic E-state index is 0.580. The summed E-state index contributed by atoms with van der Waals surface area (Å²) in [5, 5.41) is 4.67. The number of nitrogens with zero attached hydrogens (tertiary/aromatic N) is 3. The van der Waals surface area contributed by atoms with Crippen molar-refractivity contribution in [3.63, 3.8) is 0 Å². The van der Waals surface area contributed by atoms with Crippen molar-refractivity contribution in [3.8, 4) is 11.4 Å². The zero-order valence-electron chi connectivity index (χ0n) is 11.6. The second-order valence-electron chi connectivity index (χ2n) is 6.07. The molecular formula is C16H20N4. The number of nitrogens with two attached hydrogens (primary N) is 1. The molecule has 1 saturated carbocycles. The van der Waals surface area contributed by atoms with Crippen molar-refractivity contribution in [2.24, 2.45) is 17.6 Å². The Labute approximate surface area is 119 Å². The molecule has 4 rings (SSSR count). The number of hydrogen-bond donors (Lipinski definition) is 1. The van der Waals surface area contributed by atoms with Gasteiger partial charge in [0, 0.05) is 25.1 Å². The van der Waals surface area contributed by atoms with E-state index in [0.717, 1.165) is 41.8 Å². The predicted octanol–water partition coefficient (Wildman–Crippen LogP) is 2.38. The molecule has 1 aliphatic heterocycles. The Balaban J connectivity index is 1.60. The van der Waals surface area contributed by atoms with E-state index in [1.165, 1.54) is 25.1 Å². The zero-order chi connectivity index (χ0) is 13.5. The summed E-state index contributed by atoms with van der Waals surface area (Å²) in [5.41, 5.74) is 7.87. The van der Waals surface area contributed by atoms with Crippen molar-refractivity contribution in [1.82, 2.24) is 14.8 Å². The maximum Gasteiger partial charge on any atom is 0.181 e. The van der Waals surface area contributed by atoms with E-state index in [0.29, 0.717) is 6.54 Å². The fraction of sp³-hybridized carbons (Fsp3) is 0.500. The number of aromatic nitrogens is 3. The SMILES string of the molecule is NCc1ccc(-c2nc3n(n2)CCC(C2CC2)C3)cc1. The predicted molar refractivity (Wildman–Crippen MR) is 77.9 cm³/mol. The van der Waals surface area contributed by atoms with Crippen LogP contribution in [0.5, 0.6) is 0 Å². The molecule has 4 nitrogen and oxygen atoms in total.